The summed E-state index contributed by atoms with van der Waals surface area (Å²) in [5.74, 6) is -0.982. The van der Waals surface area contributed by atoms with Gasteiger partial charge in [-0.15, -0.1) is 13.2 Å². The number of benzene rings is 2. The molecule has 0 atom stereocenters. The molecule has 2 aromatic rings. The Morgan fingerprint density at radius 3 is 2.36 bits per heavy atom. The monoisotopic (exact) mass is 505 g/mol. The molecule has 0 spiro atoms. The Balaban J connectivity index is 2.16. The molecule has 1 heterocycles. The van der Waals surface area contributed by atoms with Crippen LogP contribution in [0.4, 0.5) is 23.7 Å². The lowest BCUT2D eigenvalue weighted by Crippen LogP contribution is -2.43. The number of carbonyl (C=O) groups excluding carboxylic acids is 2. The van der Waals surface area contributed by atoms with Gasteiger partial charge in [-0.3, -0.25) is 4.90 Å². The number of esters is 1. The topological polar surface area (TPSA) is 65.1 Å². The van der Waals surface area contributed by atoms with Crippen molar-refractivity contribution in [2.45, 2.75) is 66.0 Å². The highest BCUT2D eigenvalue weighted by Gasteiger charge is 2.39. The molecule has 0 radical (unpaired) electrons. The van der Waals surface area contributed by atoms with Gasteiger partial charge in [0, 0.05) is 23.7 Å². The minimum atomic E-state index is -4.91. The molecule has 36 heavy (non-hydrogen) atoms. The van der Waals surface area contributed by atoms with Gasteiger partial charge in [0.1, 0.15) is 17.0 Å². The number of hydrogen-bond acceptors (Lipinski definition) is 5. The van der Waals surface area contributed by atoms with Crippen molar-refractivity contribution in [2.75, 3.05) is 11.4 Å². The maximum absolute atomic E-state index is 13.2. The van der Waals surface area contributed by atoms with Crippen LogP contribution in [0.1, 0.15) is 58.2 Å². The number of anilines is 1. The number of rotatable bonds is 5. The zero-order valence-corrected chi connectivity index (χ0v) is 21.4. The third-order valence-corrected chi connectivity index (χ3v) is 5.50. The molecule has 0 saturated heterocycles. The summed E-state index contributed by atoms with van der Waals surface area (Å²) in [4.78, 5) is 26.1. The molecule has 6 nitrogen and oxygen atoms in total. The van der Waals surface area contributed by atoms with E-state index < -0.39 is 35.4 Å². The molecule has 9 heteroatoms. The quantitative estimate of drug-likeness (QED) is 0.320. The Kier molecular flexibility index (Phi) is 7.17. The maximum atomic E-state index is 13.2. The molecule has 0 N–H and O–H groups in total. The highest BCUT2D eigenvalue weighted by molar-refractivity contribution is 5.94. The summed E-state index contributed by atoms with van der Waals surface area (Å²) in [6, 6.07) is 7.60. The first-order valence-corrected chi connectivity index (χ1v) is 11.5. The Morgan fingerprint density at radius 2 is 1.78 bits per heavy atom. The molecular formula is C27H30F3NO5. The minimum Gasteiger partial charge on any atom is -0.457 e. The fourth-order valence-electron chi connectivity index (χ4n) is 3.99. The molecule has 1 aliphatic rings. The SMILES string of the molecule is CCN1C(=O)OC(C)(C)c2cc(C)c(-c3cc(C=CC(=O)OC(C)(C)C)ccc3OC(F)(F)F)cc21. The standard InChI is InChI=1S/C27H30F3NO5/c1-8-31-21-15-18(16(2)13-20(21)26(6,7)36-24(31)33)19-14-17(9-11-22(19)34-27(28,29)30)10-12-23(32)35-25(3,4)5/h9-15H,8H2,1-7H3. The van der Waals surface area contributed by atoms with Gasteiger partial charge in [0.15, 0.2) is 0 Å². The maximum Gasteiger partial charge on any atom is 0.573 e. The molecule has 1 aliphatic heterocycles. The molecule has 0 aromatic heterocycles. The van der Waals surface area contributed by atoms with Crippen LogP contribution >= 0.6 is 0 Å². The van der Waals surface area contributed by atoms with Gasteiger partial charge < -0.3 is 14.2 Å². The van der Waals surface area contributed by atoms with Crippen molar-refractivity contribution in [1.29, 1.82) is 0 Å². The average Bonchev–Trinajstić information content (AvgIpc) is 2.71. The van der Waals surface area contributed by atoms with E-state index in [1.165, 1.54) is 35.3 Å². The van der Waals surface area contributed by atoms with E-state index in [2.05, 4.69) is 4.74 Å². The molecule has 0 unspecified atom stereocenters. The van der Waals surface area contributed by atoms with Crippen molar-refractivity contribution in [2.24, 2.45) is 0 Å². The van der Waals surface area contributed by atoms with E-state index in [0.29, 0.717) is 28.9 Å². The van der Waals surface area contributed by atoms with Gasteiger partial charge in [-0.1, -0.05) is 6.07 Å². The van der Waals surface area contributed by atoms with Crippen molar-refractivity contribution >= 4 is 23.8 Å². The summed E-state index contributed by atoms with van der Waals surface area (Å²) in [7, 11) is 0. The molecule has 1 amide bonds. The highest BCUT2D eigenvalue weighted by Crippen LogP contribution is 2.44. The van der Waals surface area contributed by atoms with Gasteiger partial charge in [0.25, 0.3) is 0 Å². The third kappa shape index (κ3) is 6.19. The largest absolute Gasteiger partial charge is 0.573 e. The zero-order valence-electron chi connectivity index (χ0n) is 21.4. The Labute approximate surface area is 208 Å². The van der Waals surface area contributed by atoms with E-state index in [4.69, 9.17) is 9.47 Å². The van der Waals surface area contributed by atoms with Crippen molar-refractivity contribution < 1.29 is 37.0 Å². The van der Waals surface area contributed by atoms with Crippen molar-refractivity contribution in [1.82, 2.24) is 0 Å². The minimum absolute atomic E-state index is 0.159. The molecule has 0 saturated carbocycles. The summed E-state index contributed by atoms with van der Waals surface area (Å²) >= 11 is 0. The van der Waals surface area contributed by atoms with Gasteiger partial charge in [-0.25, -0.2) is 9.59 Å². The number of ether oxygens (including phenoxy) is 3. The number of hydrogen-bond donors (Lipinski definition) is 0. The van der Waals surface area contributed by atoms with Crippen LogP contribution in [0.15, 0.2) is 36.4 Å². The molecule has 2 aromatic carbocycles. The van der Waals surface area contributed by atoms with Gasteiger partial charge in [-0.2, -0.15) is 0 Å². The molecule has 194 valence electrons. The summed E-state index contributed by atoms with van der Waals surface area (Å²) in [5.41, 5.74) is 1.43. The fraction of sp³-hybridized carbons (Fsp3) is 0.407. The van der Waals surface area contributed by atoms with E-state index in [1.807, 2.05) is 0 Å². The Bertz CT molecular complexity index is 1210. The fourth-order valence-corrected chi connectivity index (χ4v) is 3.99. The van der Waals surface area contributed by atoms with E-state index in [0.717, 1.165) is 5.56 Å². The number of carbonyl (C=O) groups is 2. The Hall–Kier alpha value is -3.49. The van der Waals surface area contributed by atoms with E-state index >= 15 is 0 Å². The number of halogens is 3. The van der Waals surface area contributed by atoms with Crippen LogP contribution in [0.2, 0.25) is 0 Å². The van der Waals surface area contributed by atoms with Crippen LogP contribution in [0.5, 0.6) is 5.75 Å². The number of nitrogens with zero attached hydrogens (tertiary/aromatic N) is 1. The number of fused-ring (bicyclic) bond motifs is 1. The predicted octanol–water partition coefficient (Wildman–Crippen LogP) is 7.13. The number of cyclic esters (lactones) is 1. The van der Waals surface area contributed by atoms with Crippen LogP contribution in [0.3, 0.4) is 0 Å². The van der Waals surface area contributed by atoms with E-state index in [9.17, 15) is 22.8 Å². The van der Waals surface area contributed by atoms with E-state index in [1.54, 1.807) is 60.6 Å². The summed E-state index contributed by atoms with van der Waals surface area (Å²) in [6.07, 6.45) is -2.77. The smallest absolute Gasteiger partial charge is 0.457 e. The molecular weight excluding hydrogens is 475 g/mol. The third-order valence-electron chi connectivity index (χ3n) is 5.50. The lowest BCUT2D eigenvalue weighted by atomic mass is 9.88. The van der Waals surface area contributed by atoms with Gasteiger partial charge in [0.2, 0.25) is 0 Å². The summed E-state index contributed by atoms with van der Waals surface area (Å²) in [6.45, 7) is 12.6. The van der Waals surface area contributed by atoms with Gasteiger partial charge in [-0.05, 0) is 95.5 Å². The van der Waals surface area contributed by atoms with Crippen LogP contribution in [0, 0.1) is 6.92 Å². The molecule has 0 bridgehead atoms. The lowest BCUT2D eigenvalue weighted by molar-refractivity contribution is -0.274. The zero-order chi connectivity index (χ0) is 27.1. The van der Waals surface area contributed by atoms with Gasteiger partial charge >= 0.3 is 18.4 Å². The van der Waals surface area contributed by atoms with Gasteiger partial charge in [0.05, 0.1) is 5.69 Å². The van der Waals surface area contributed by atoms with Crippen molar-refractivity contribution in [3.05, 3.63) is 53.1 Å². The number of alkyl halides is 3. The average molecular weight is 506 g/mol. The number of aryl methyl sites for hydroxylation is 1. The first-order valence-electron chi connectivity index (χ1n) is 11.5. The molecule has 0 fully saturated rings. The predicted molar refractivity (Wildman–Crippen MR) is 131 cm³/mol. The number of amides is 1. The van der Waals surface area contributed by atoms with Crippen LogP contribution in [-0.4, -0.2) is 30.6 Å². The second-order valence-electron chi connectivity index (χ2n) is 9.98. The lowest BCUT2D eigenvalue weighted by Gasteiger charge is -2.38. The highest BCUT2D eigenvalue weighted by atomic mass is 19.4. The Morgan fingerprint density at radius 1 is 1.11 bits per heavy atom. The van der Waals surface area contributed by atoms with Crippen molar-refractivity contribution in [3.8, 4) is 16.9 Å². The summed E-state index contributed by atoms with van der Waals surface area (Å²) < 4.78 is 54.8. The molecule has 0 aliphatic carbocycles. The molecule has 3 rings (SSSR count). The van der Waals surface area contributed by atoms with Crippen LogP contribution in [0.25, 0.3) is 17.2 Å². The normalized spacial score (nSPS) is 15.5. The first kappa shape index (κ1) is 27.1. The van der Waals surface area contributed by atoms with Crippen LogP contribution in [-0.2, 0) is 19.9 Å². The summed E-state index contributed by atoms with van der Waals surface area (Å²) in [5, 5.41) is 0. The first-order chi connectivity index (χ1) is 16.5. The van der Waals surface area contributed by atoms with Crippen molar-refractivity contribution in [3.63, 3.8) is 0 Å². The second-order valence-corrected chi connectivity index (χ2v) is 9.98. The van der Waals surface area contributed by atoms with Crippen LogP contribution < -0.4 is 9.64 Å². The van der Waals surface area contributed by atoms with E-state index in [-0.39, 0.29) is 5.56 Å². The second kappa shape index (κ2) is 9.52.